The van der Waals surface area contributed by atoms with Crippen LogP contribution in [0.5, 0.6) is 0 Å². The number of carbonyl (C=O) groups excluding carboxylic acids is 1. The first kappa shape index (κ1) is 23.4. The maximum absolute atomic E-state index is 13.9. The monoisotopic (exact) mass is 496 g/mol. The molecule has 0 aromatic heterocycles. The lowest BCUT2D eigenvalue weighted by atomic mass is 10.2. The first-order valence-electron chi connectivity index (χ1n) is 8.86. The molecule has 1 aliphatic rings. The third-order valence-electron chi connectivity index (χ3n) is 4.19. The number of halogens is 3. The van der Waals surface area contributed by atoms with Gasteiger partial charge in [0.25, 0.3) is 0 Å². The molecule has 0 amide bonds. The van der Waals surface area contributed by atoms with Gasteiger partial charge in [0.1, 0.15) is 11.6 Å². The Balaban J connectivity index is 0.00000364. The van der Waals surface area contributed by atoms with E-state index in [-0.39, 0.29) is 29.9 Å². The number of aliphatic imine (C=N–C) groups is 1. The summed E-state index contributed by atoms with van der Waals surface area (Å²) in [4.78, 5) is 19.5. The highest BCUT2D eigenvalue weighted by atomic mass is 127. The molecule has 0 unspecified atom stereocenters. The van der Waals surface area contributed by atoms with Crippen molar-refractivity contribution in [3.05, 3.63) is 29.8 Å². The Morgan fingerprint density at radius 2 is 1.96 bits per heavy atom. The average molecular weight is 496 g/mol. The van der Waals surface area contributed by atoms with E-state index in [9.17, 15) is 13.6 Å². The Bertz CT molecular complexity index is 638. The summed E-state index contributed by atoms with van der Waals surface area (Å²) in [6.07, 6.45) is 1.02. The predicted octanol–water partition coefficient (Wildman–Crippen LogP) is 2.62. The molecule has 1 fully saturated rings. The zero-order chi connectivity index (χ0) is 18.9. The highest BCUT2D eigenvalue weighted by Gasteiger charge is 2.21. The Kier molecular flexibility index (Phi) is 10.3. The number of hydrogen-bond donors (Lipinski definition) is 1. The summed E-state index contributed by atoms with van der Waals surface area (Å²) in [7, 11) is 1.70. The summed E-state index contributed by atoms with van der Waals surface area (Å²) in [6, 6.07) is 3.51. The average Bonchev–Trinajstić information content (AvgIpc) is 2.64. The number of benzene rings is 1. The van der Waals surface area contributed by atoms with E-state index in [1.165, 1.54) is 6.07 Å². The molecule has 1 heterocycles. The molecule has 0 saturated carbocycles. The van der Waals surface area contributed by atoms with Crippen LogP contribution in [-0.2, 0) is 9.53 Å². The molecular weight excluding hydrogens is 469 g/mol. The minimum atomic E-state index is -0.442. The first-order chi connectivity index (χ1) is 12.5. The number of nitrogens with one attached hydrogen (secondary N) is 1. The van der Waals surface area contributed by atoms with Gasteiger partial charge >= 0.3 is 5.97 Å². The summed E-state index contributed by atoms with van der Waals surface area (Å²) in [5.74, 6) is -0.313. The van der Waals surface area contributed by atoms with E-state index in [0.717, 1.165) is 18.1 Å². The van der Waals surface area contributed by atoms with E-state index in [0.29, 0.717) is 57.9 Å². The van der Waals surface area contributed by atoms with Crippen LogP contribution in [0.3, 0.4) is 0 Å². The fourth-order valence-corrected chi connectivity index (χ4v) is 2.89. The summed E-state index contributed by atoms with van der Waals surface area (Å²) in [5, 5.41) is 3.23. The SMILES string of the molecule is CCOC(=O)CCCNC(=NC)N1CCN(c2cc(F)ccc2F)CC1.I. The molecule has 9 heteroatoms. The highest BCUT2D eigenvalue weighted by Crippen LogP contribution is 2.21. The van der Waals surface area contributed by atoms with Crippen molar-refractivity contribution in [3.8, 4) is 0 Å². The Labute approximate surface area is 176 Å². The quantitative estimate of drug-likeness (QED) is 0.216. The van der Waals surface area contributed by atoms with E-state index >= 15 is 0 Å². The van der Waals surface area contributed by atoms with Crippen LogP contribution in [0.2, 0.25) is 0 Å². The molecule has 1 N–H and O–H groups in total. The van der Waals surface area contributed by atoms with Crippen molar-refractivity contribution in [2.45, 2.75) is 19.8 Å². The van der Waals surface area contributed by atoms with Gasteiger partial charge in [-0.1, -0.05) is 0 Å². The molecule has 1 saturated heterocycles. The number of carbonyl (C=O) groups is 1. The zero-order valence-electron chi connectivity index (χ0n) is 15.7. The second-order valence-electron chi connectivity index (χ2n) is 5.95. The molecule has 6 nitrogen and oxygen atoms in total. The molecule has 0 bridgehead atoms. The molecule has 0 spiro atoms. The number of rotatable bonds is 6. The van der Waals surface area contributed by atoms with Gasteiger partial charge in [-0.3, -0.25) is 9.79 Å². The fourth-order valence-electron chi connectivity index (χ4n) is 2.89. The van der Waals surface area contributed by atoms with Gasteiger partial charge in [0.2, 0.25) is 0 Å². The van der Waals surface area contributed by atoms with Crippen LogP contribution < -0.4 is 10.2 Å². The molecule has 1 aliphatic heterocycles. The van der Waals surface area contributed by atoms with Gasteiger partial charge in [-0.05, 0) is 25.5 Å². The molecule has 0 atom stereocenters. The minimum Gasteiger partial charge on any atom is -0.466 e. The number of ether oxygens (including phenoxy) is 1. The van der Waals surface area contributed by atoms with Gasteiger partial charge in [-0.2, -0.15) is 0 Å². The summed E-state index contributed by atoms with van der Waals surface area (Å²) in [6.45, 7) is 5.23. The third kappa shape index (κ3) is 7.11. The third-order valence-corrected chi connectivity index (χ3v) is 4.19. The zero-order valence-corrected chi connectivity index (χ0v) is 18.0. The van der Waals surface area contributed by atoms with Crippen LogP contribution in [0, 0.1) is 11.6 Å². The topological polar surface area (TPSA) is 57.2 Å². The fraction of sp³-hybridized carbons (Fsp3) is 0.556. The standard InChI is InChI=1S/C18H26F2N4O2.HI/c1-3-26-17(25)5-4-8-22-18(21-2)24-11-9-23(10-12-24)16-13-14(19)6-7-15(16)20;/h6-7,13H,3-5,8-12H2,1-2H3,(H,21,22);1H. The van der Waals surface area contributed by atoms with Crippen molar-refractivity contribution in [1.29, 1.82) is 0 Å². The molecule has 1 aromatic carbocycles. The van der Waals surface area contributed by atoms with E-state index in [2.05, 4.69) is 15.2 Å². The van der Waals surface area contributed by atoms with Crippen LogP contribution in [0.15, 0.2) is 23.2 Å². The second-order valence-corrected chi connectivity index (χ2v) is 5.95. The summed E-state index contributed by atoms with van der Waals surface area (Å²) in [5.41, 5.74) is 0.294. The highest BCUT2D eigenvalue weighted by molar-refractivity contribution is 14.0. The van der Waals surface area contributed by atoms with Crippen LogP contribution in [0.1, 0.15) is 19.8 Å². The number of nitrogens with zero attached hydrogens (tertiary/aromatic N) is 3. The minimum absolute atomic E-state index is 0. The largest absolute Gasteiger partial charge is 0.466 e. The van der Waals surface area contributed by atoms with E-state index in [1.807, 2.05) is 4.90 Å². The van der Waals surface area contributed by atoms with Gasteiger partial charge < -0.3 is 19.9 Å². The lowest BCUT2D eigenvalue weighted by Gasteiger charge is -2.37. The summed E-state index contributed by atoms with van der Waals surface area (Å²) >= 11 is 0. The van der Waals surface area contributed by atoms with Gasteiger partial charge in [0.05, 0.1) is 12.3 Å². The number of esters is 1. The van der Waals surface area contributed by atoms with Crippen LogP contribution in [-0.4, -0.2) is 63.2 Å². The second kappa shape index (κ2) is 11.9. The predicted molar refractivity (Wildman–Crippen MR) is 113 cm³/mol. The van der Waals surface area contributed by atoms with Gasteiger partial charge in [-0.25, -0.2) is 8.78 Å². The molecule has 0 aliphatic carbocycles. The number of hydrogen-bond acceptors (Lipinski definition) is 4. The lowest BCUT2D eigenvalue weighted by Crippen LogP contribution is -2.52. The smallest absolute Gasteiger partial charge is 0.305 e. The van der Waals surface area contributed by atoms with Gasteiger partial charge in [0.15, 0.2) is 5.96 Å². The molecule has 2 rings (SSSR count). The molecular formula is C18H27F2IN4O2. The van der Waals surface area contributed by atoms with Gasteiger partial charge in [-0.15, -0.1) is 24.0 Å². The molecule has 0 radical (unpaired) electrons. The van der Waals surface area contributed by atoms with Crippen molar-refractivity contribution >= 4 is 41.6 Å². The van der Waals surface area contributed by atoms with Crippen molar-refractivity contribution in [3.63, 3.8) is 0 Å². The van der Waals surface area contributed by atoms with Crippen molar-refractivity contribution in [1.82, 2.24) is 10.2 Å². The number of piperazine rings is 1. The maximum atomic E-state index is 13.9. The Morgan fingerprint density at radius 3 is 2.59 bits per heavy atom. The van der Waals surface area contributed by atoms with Crippen molar-refractivity contribution in [2.24, 2.45) is 4.99 Å². The van der Waals surface area contributed by atoms with E-state index in [1.54, 1.807) is 14.0 Å². The number of anilines is 1. The van der Waals surface area contributed by atoms with E-state index < -0.39 is 11.6 Å². The van der Waals surface area contributed by atoms with E-state index in [4.69, 9.17) is 4.74 Å². The van der Waals surface area contributed by atoms with Crippen LogP contribution >= 0.6 is 24.0 Å². The molecule has 27 heavy (non-hydrogen) atoms. The van der Waals surface area contributed by atoms with Crippen molar-refractivity contribution in [2.75, 3.05) is 51.3 Å². The number of guanidine groups is 1. The van der Waals surface area contributed by atoms with Crippen LogP contribution in [0.4, 0.5) is 14.5 Å². The molecule has 152 valence electrons. The first-order valence-corrected chi connectivity index (χ1v) is 8.86. The molecule has 1 aromatic rings. The normalized spacial score (nSPS) is 14.6. The summed E-state index contributed by atoms with van der Waals surface area (Å²) < 4.78 is 32.2. The van der Waals surface area contributed by atoms with Crippen molar-refractivity contribution < 1.29 is 18.3 Å². The maximum Gasteiger partial charge on any atom is 0.305 e. The van der Waals surface area contributed by atoms with Gasteiger partial charge in [0, 0.05) is 52.3 Å². The lowest BCUT2D eigenvalue weighted by molar-refractivity contribution is -0.143. The van der Waals surface area contributed by atoms with Crippen LogP contribution in [0.25, 0.3) is 0 Å². The Hall–Kier alpha value is -1.65. The Morgan fingerprint density at radius 1 is 1.26 bits per heavy atom.